The van der Waals surface area contributed by atoms with Gasteiger partial charge in [-0.2, -0.15) is 0 Å². The number of nitrogens with one attached hydrogen (secondary N) is 1. The van der Waals surface area contributed by atoms with Gasteiger partial charge in [0.2, 0.25) is 5.91 Å². The molecule has 2 aromatic rings. The number of rotatable bonds is 4. The molecule has 2 atom stereocenters. The molecule has 2 aliphatic rings. The summed E-state index contributed by atoms with van der Waals surface area (Å²) in [6, 6.07) is 5.71. The van der Waals surface area contributed by atoms with Gasteiger partial charge >= 0.3 is 6.09 Å². The molecule has 178 valence electrons. The van der Waals surface area contributed by atoms with Gasteiger partial charge in [-0.05, 0) is 52.8 Å². The van der Waals surface area contributed by atoms with Crippen LogP contribution in [0.1, 0.15) is 34.6 Å². The molecule has 3 heterocycles. The second-order valence-electron chi connectivity index (χ2n) is 10.4. The third-order valence-electron chi connectivity index (χ3n) is 6.07. The van der Waals surface area contributed by atoms with Crippen LogP contribution >= 0.6 is 0 Å². The van der Waals surface area contributed by atoms with Crippen LogP contribution in [0.25, 0.3) is 10.9 Å². The van der Waals surface area contributed by atoms with Gasteiger partial charge in [-0.25, -0.2) is 9.78 Å². The topological polar surface area (TPSA) is 96.8 Å². The molecule has 1 aromatic carbocycles. The van der Waals surface area contributed by atoms with Gasteiger partial charge in [-0.1, -0.05) is 0 Å². The Bertz CT molecular complexity index is 1110. The molecule has 2 saturated heterocycles. The van der Waals surface area contributed by atoms with Crippen LogP contribution in [0, 0.1) is 11.8 Å². The van der Waals surface area contributed by atoms with Crippen molar-refractivity contribution in [3.63, 3.8) is 0 Å². The lowest BCUT2D eigenvalue weighted by molar-refractivity contribution is -0.122. The molecule has 4 rings (SSSR count). The van der Waals surface area contributed by atoms with E-state index in [1.54, 1.807) is 0 Å². The van der Waals surface area contributed by atoms with Crippen molar-refractivity contribution in [3.8, 4) is 0 Å². The highest BCUT2D eigenvalue weighted by Crippen LogP contribution is 2.35. The van der Waals surface area contributed by atoms with E-state index in [0.717, 1.165) is 18.8 Å². The summed E-state index contributed by atoms with van der Waals surface area (Å²) in [6.45, 7) is 12.3. The largest absolute Gasteiger partial charge is 0.444 e. The Labute approximate surface area is 193 Å². The Kier molecular flexibility index (Phi) is 6.07. The maximum atomic E-state index is 13.0. The number of carbonyl (C=O) groups excluding carboxylic acids is 2. The Balaban J connectivity index is 1.47. The lowest BCUT2D eigenvalue weighted by Gasteiger charge is -2.26. The first-order chi connectivity index (χ1) is 15.5. The average molecular weight is 456 g/mol. The van der Waals surface area contributed by atoms with Crippen LogP contribution in [0.4, 0.5) is 10.5 Å². The number of carbonyl (C=O) groups is 2. The number of anilines is 1. The minimum absolute atomic E-state index is 0.00841. The van der Waals surface area contributed by atoms with Gasteiger partial charge in [0, 0.05) is 49.7 Å². The zero-order chi connectivity index (χ0) is 23.9. The van der Waals surface area contributed by atoms with Gasteiger partial charge in [-0.3, -0.25) is 14.2 Å². The van der Waals surface area contributed by atoms with Crippen molar-refractivity contribution in [1.29, 1.82) is 0 Å². The monoisotopic (exact) mass is 455 g/mol. The molecule has 2 fully saturated rings. The van der Waals surface area contributed by atoms with Crippen LogP contribution in [0.3, 0.4) is 0 Å². The number of hydrogen-bond acceptors (Lipinski definition) is 6. The smallest absolute Gasteiger partial charge is 0.410 e. The Morgan fingerprint density at radius 3 is 2.42 bits per heavy atom. The third kappa shape index (κ3) is 5.12. The predicted octanol–water partition coefficient (Wildman–Crippen LogP) is 2.22. The maximum Gasteiger partial charge on any atom is 0.410 e. The standard InChI is InChI=1S/C24H33N5O4/c1-15(2)26-21(30)13-29-14-25-20-7-6-18(8-19(20)22(29)31)27-9-16-11-28(12-17(16)10-27)23(32)33-24(3,4)5/h6-8,14-17H,9-13H2,1-5H3,(H,26,30). The minimum atomic E-state index is -0.498. The molecular weight excluding hydrogens is 422 g/mol. The molecule has 2 amide bonds. The van der Waals surface area contributed by atoms with Crippen molar-refractivity contribution in [3.05, 3.63) is 34.9 Å². The molecule has 0 bridgehead atoms. The molecule has 33 heavy (non-hydrogen) atoms. The zero-order valence-electron chi connectivity index (χ0n) is 20.0. The van der Waals surface area contributed by atoms with Gasteiger partial charge in [0.25, 0.3) is 5.56 Å². The normalized spacial score (nSPS) is 20.4. The Morgan fingerprint density at radius 2 is 1.82 bits per heavy atom. The molecule has 9 heteroatoms. The number of fused-ring (bicyclic) bond motifs is 2. The van der Waals surface area contributed by atoms with Crippen LogP contribution in [-0.2, 0) is 16.1 Å². The predicted molar refractivity (Wildman–Crippen MR) is 126 cm³/mol. The van der Waals surface area contributed by atoms with Crippen molar-refractivity contribution in [2.45, 2.75) is 52.8 Å². The summed E-state index contributed by atoms with van der Waals surface area (Å²) < 4.78 is 6.87. The molecule has 1 aromatic heterocycles. The van der Waals surface area contributed by atoms with E-state index >= 15 is 0 Å². The molecule has 0 saturated carbocycles. The van der Waals surface area contributed by atoms with E-state index in [4.69, 9.17) is 4.74 Å². The molecular formula is C24H33N5O4. The van der Waals surface area contributed by atoms with Crippen LogP contribution in [0.5, 0.6) is 0 Å². The number of benzene rings is 1. The first-order valence-electron chi connectivity index (χ1n) is 11.5. The van der Waals surface area contributed by atoms with Crippen molar-refractivity contribution >= 4 is 28.6 Å². The quantitative estimate of drug-likeness (QED) is 0.759. The van der Waals surface area contributed by atoms with Crippen molar-refractivity contribution in [2.24, 2.45) is 11.8 Å². The summed E-state index contributed by atoms with van der Waals surface area (Å²) in [5, 5.41) is 3.30. The van der Waals surface area contributed by atoms with Gasteiger partial charge in [-0.15, -0.1) is 0 Å². The number of ether oxygens (including phenoxy) is 1. The fourth-order valence-electron chi connectivity index (χ4n) is 4.66. The summed E-state index contributed by atoms with van der Waals surface area (Å²) in [5.74, 6) is 0.531. The summed E-state index contributed by atoms with van der Waals surface area (Å²) in [5.41, 5.74) is 0.850. The molecule has 2 unspecified atom stereocenters. The van der Waals surface area contributed by atoms with Gasteiger partial charge < -0.3 is 19.9 Å². The molecule has 0 radical (unpaired) electrons. The van der Waals surface area contributed by atoms with Crippen LogP contribution in [0.15, 0.2) is 29.3 Å². The van der Waals surface area contributed by atoms with Crippen LogP contribution < -0.4 is 15.8 Å². The van der Waals surface area contributed by atoms with Crippen molar-refractivity contribution in [2.75, 3.05) is 31.1 Å². The molecule has 0 spiro atoms. The lowest BCUT2D eigenvalue weighted by Crippen LogP contribution is -2.37. The number of amides is 2. The lowest BCUT2D eigenvalue weighted by atomic mass is 10.0. The van der Waals surface area contributed by atoms with E-state index in [0.29, 0.717) is 35.8 Å². The molecule has 1 N–H and O–H groups in total. The van der Waals surface area contributed by atoms with E-state index in [2.05, 4.69) is 15.2 Å². The number of likely N-dealkylation sites (tertiary alicyclic amines) is 1. The number of aromatic nitrogens is 2. The minimum Gasteiger partial charge on any atom is -0.444 e. The highest BCUT2D eigenvalue weighted by molar-refractivity contribution is 5.82. The second-order valence-corrected chi connectivity index (χ2v) is 10.4. The van der Waals surface area contributed by atoms with Gasteiger partial charge in [0.1, 0.15) is 12.1 Å². The zero-order valence-corrected chi connectivity index (χ0v) is 20.0. The molecule has 2 aliphatic heterocycles. The maximum absolute atomic E-state index is 13.0. The Hall–Kier alpha value is -3.10. The van der Waals surface area contributed by atoms with Crippen LogP contribution in [-0.4, -0.2) is 64.3 Å². The van der Waals surface area contributed by atoms with Gasteiger partial charge in [0.05, 0.1) is 17.2 Å². The second kappa shape index (κ2) is 8.68. The fraction of sp³-hybridized carbons (Fsp3) is 0.583. The highest BCUT2D eigenvalue weighted by atomic mass is 16.6. The first kappa shape index (κ1) is 23.1. The van der Waals surface area contributed by atoms with Gasteiger partial charge in [0.15, 0.2) is 0 Å². The van der Waals surface area contributed by atoms with E-state index in [1.165, 1.54) is 10.9 Å². The average Bonchev–Trinajstić information content (AvgIpc) is 3.27. The van der Waals surface area contributed by atoms with E-state index in [9.17, 15) is 14.4 Å². The highest BCUT2D eigenvalue weighted by Gasteiger charge is 2.42. The summed E-state index contributed by atoms with van der Waals surface area (Å²) in [7, 11) is 0. The molecule has 0 aliphatic carbocycles. The van der Waals surface area contributed by atoms with E-state index < -0.39 is 5.60 Å². The fourth-order valence-corrected chi connectivity index (χ4v) is 4.66. The van der Waals surface area contributed by atoms with E-state index in [1.807, 2.05) is 57.7 Å². The first-order valence-corrected chi connectivity index (χ1v) is 11.5. The number of hydrogen-bond donors (Lipinski definition) is 1. The van der Waals surface area contributed by atoms with Crippen molar-refractivity contribution in [1.82, 2.24) is 19.8 Å². The SMILES string of the molecule is CC(C)NC(=O)Cn1cnc2ccc(N3CC4CN(C(=O)OC(C)(C)C)CC4C3)cc2c1=O. The summed E-state index contributed by atoms with van der Waals surface area (Å²) in [6.07, 6.45) is 1.18. The summed E-state index contributed by atoms with van der Waals surface area (Å²) >= 11 is 0. The van der Waals surface area contributed by atoms with E-state index in [-0.39, 0.29) is 30.1 Å². The molecule has 9 nitrogen and oxygen atoms in total. The summed E-state index contributed by atoms with van der Waals surface area (Å²) in [4.78, 5) is 46.0. The van der Waals surface area contributed by atoms with Crippen molar-refractivity contribution < 1.29 is 14.3 Å². The third-order valence-corrected chi connectivity index (χ3v) is 6.07. The van der Waals surface area contributed by atoms with Crippen LogP contribution in [0.2, 0.25) is 0 Å². The number of nitrogens with zero attached hydrogens (tertiary/aromatic N) is 4. The Morgan fingerprint density at radius 1 is 1.15 bits per heavy atom.